The van der Waals surface area contributed by atoms with E-state index in [0.29, 0.717) is 22.5 Å². The Bertz CT molecular complexity index is 1440. The predicted molar refractivity (Wildman–Crippen MR) is 132 cm³/mol. The van der Waals surface area contributed by atoms with Crippen molar-refractivity contribution in [3.05, 3.63) is 77.2 Å². The van der Waals surface area contributed by atoms with Gasteiger partial charge >= 0.3 is 0 Å². The van der Waals surface area contributed by atoms with Gasteiger partial charge < -0.3 is 14.7 Å². The smallest absolute Gasteiger partial charge is 0.255 e. The molecule has 1 aliphatic carbocycles. The van der Waals surface area contributed by atoms with Crippen LogP contribution in [0.1, 0.15) is 78.1 Å². The van der Waals surface area contributed by atoms with Gasteiger partial charge in [0.05, 0.1) is 23.3 Å². The van der Waals surface area contributed by atoms with E-state index in [1.165, 1.54) is 12.1 Å². The highest BCUT2D eigenvalue weighted by Crippen LogP contribution is 2.38. The first-order valence-electron chi connectivity index (χ1n) is 12.8. The molecule has 0 spiro atoms. The number of rotatable bonds is 5. The molecule has 1 amide bonds. The van der Waals surface area contributed by atoms with Crippen LogP contribution in [0.2, 0.25) is 0 Å². The summed E-state index contributed by atoms with van der Waals surface area (Å²) in [6, 6.07) is 7.21. The molecular formula is C27H28F2N6O2. The summed E-state index contributed by atoms with van der Waals surface area (Å²) in [5.74, 6) is 0.541. The lowest BCUT2D eigenvalue weighted by Crippen LogP contribution is -2.37. The lowest BCUT2D eigenvalue weighted by molar-refractivity contribution is 0.0927. The van der Waals surface area contributed by atoms with Crippen molar-refractivity contribution >= 4 is 17.1 Å². The maximum absolute atomic E-state index is 14.6. The molecule has 1 aliphatic heterocycles. The molecule has 192 valence electrons. The molecule has 6 rings (SSSR count). The van der Waals surface area contributed by atoms with Gasteiger partial charge in [-0.25, -0.2) is 13.3 Å². The Morgan fingerprint density at radius 1 is 1.11 bits per heavy atom. The zero-order valence-electron chi connectivity index (χ0n) is 20.5. The molecule has 2 aliphatic rings. The number of hydrogen-bond donors (Lipinski definition) is 1. The van der Waals surface area contributed by atoms with Crippen molar-refractivity contribution in [1.29, 1.82) is 0 Å². The fourth-order valence-electron chi connectivity index (χ4n) is 5.73. The van der Waals surface area contributed by atoms with Gasteiger partial charge in [-0.2, -0.15) is 10.1 Å². The lowest BCUT2D eigenvalue weighted by atomic mass is 9.85. The quantitative estimate of drug-likeness (QED) is 0.405. The van der Waals surface area contributed by atoms with Crippen molar-refractivity contribution in [2.75, 3.05) is 11.4 Å². The van der Waals surface area contributed by atoms with Crippen LogP contribution < -0.4 is 10.2 Å². The summed E-state index contributed by atoms with van der Waals surface area (Å²) in [6.07, 6.45) is 8.42. The van der Waals surface area contributed by atoms with Gasteiger partial charge in [0, 0.05) is 42.9 Å². The standard InChI is InChI=1S/C27H28F2N6O2/c1-16-31-26(33-37-16)17-4-7-19(8-5-17)32-27(36)22-15-30-35-12-10-20(14-25(22)35)34-11-2-3-24(34)21-13-18(28)6-9-23(21)29/h6,9-10,12-15,17,19,24H,2-5,7-8,11H2,1H3,(H,32,36)/t17?,19?,24-/m1/s1. The predicted octanol–water partition coefficient (Wildman–Crippen LogP) is 5.10. The molecule has 4 heterocycles. The van der Waals surface area contributed by atoms with E-state index in [1.807, 2.05) is 12.1 Å². The number of anilines is 1. The number of amides is 1. The second-order valence-corrected chi connectivity index (χ2v) is 9.98. The van der Waals surface area contributed by atoms with Crippen LogP contribution in [0.25, 0.3) is 5.52 Å². The molecule has 1 aromatic carbocycles. The first kappa shape index (κ1) is 23.6. The summed E-state index contributed by atoms with van der Waals surface area (Å²) < 4.78 is 35.2. The molecule has 4 aromatic rings. The summed E-state index contributed by atoms with van der Waals surface area (Å²) in [4.78, 5) is 19.7. The number of halogens is 2. The van der Waals surface area contributed by atoms with Gasteiger partial charge in [-0.3, -0.25) is 4.79 Å². The topological polar surface area (TPSA) is 88.6 Å². The third-order valence-electron chi connectivity index (χ3n) is 7.62. The molecule has 0 bridgehead atoms. The molecule has 1 saturated heterocycles. The molecule has 0 radical (unpaired) electrons. The largest absolute Gasteiger partial charge is 0.364 e. The molecular weight excluding hydrogens is 478 g/mol. The number of benzene rings is 1. The van der Waals surface area contributed by atoms with Crippen molar-refractivity contribution in [2.45, 2.75) is 63.5 Å². The van der Waals surface area contributed by atoms with Gasteiger partial charge in [0.25, 0.3) is 5.91 Å². The first-order valence-corrected chi connectivity index (χ1v) is 12.8. The number of hydrogen-bond acceptors (Lipinski definition) is 6. The third-order valence-corrected chi connectivity index (χ3v) is 7.62. The molecule has 3 aromatic heterocycles. The average molecular weight is 507 g/mol. The van der Waals surface area contributed by atoms with E-state index in [0.717, 1.165) is 62.6 Å². The normalized spacial score (nSPS) is 22.0. The summed E-state index contributed by atoms with van der Waals surface area (Å²) in [5, 5.41) is 11.6. The summed E-state index contributed by atoms with van der Waals surface area (Å²) in [5.41, 5.74) is 2.38. The Kier molecular flexibility index (Phi) is 6.10. The van der Waals surface area contributed by atoms with Crippen LogP contribution in [-0.2, 0) is 0 Å². The number of carbonyl (C=O) groups excluding carboxylic acids is 1. The van der Waals surface area contributed by atoms with Crippen LogP contribution in [0.4, 0.5) is 14.5 Å². The summed E-state index contributed by atoms with van der Waals surface area (Å²) in [7, 11) is 0. The fraction of sp³-hybridized carbons (Fsp3) is 0.407. The molecule has 8 nitrogen and oxygen atoms in total. The van der Waals surface area contributed by atoms with Gasteiger partial charge in [0.1, 0.15) is 11.6 Å². The van der Waals surface area contributed by atoms with Crippen LogP contribution >= 0.6 is 0 Å². The highest BCUT2D eigenvalue weighted by atomic mass is 19.1. The number of aryl methyl sites for hydroxylation is 1. The second kappa shape index (κ2) is 9.57. The van der Waals surface area contributed by atoms with Crippen molar-refractivity contribution in [3.8, 4) is 0 Å². The van der Waals surface area contributed by atoms with Crippen LogP contribution in [0.15, 0.2) is 47.2 Å². The van der Waals surface area contributed by atoms with Crippen LogP contribution in [0.5, 0.6) is 0 Å². The SMILES string of the molecule is Cc1nc(C2CCC(NC(=O)c3cnn4ccc(N5CCC[C@@H]5c5cc(F)ccc5F)cc34)CC2)no1. The Labute approximate surface area is 212 Å². The summed E-state index contributed by atoms with van der Waals surface area (Å²) in [6.45, 7) is 2.50. The van der Waals surface area contributed by atoms with Gasteiger partial charge in [-0.05, 0) is 68.9 Å². The maximum Gasteiger partial charge on any atom is 0.255 e. The Hall–Kier alpha value is -3.82. The molecule has 1 atom stereocenters. The zero-order chi connectivity index (χ0) is 25.5. The second-order valence-electron chi connectivity index (χ2n) is 9.98. The van der Waals surface area contributed by atoms with Crippen LogP contribution in [0.3, 0.4) is 0 Å². The molecule has 1 saturated carbocycles. The van der Waals surface area contributed by atoms with Crippen LogP contribution in [-0.4, -0.2) is 38.2 Å². The maximum atomic E-state index is 14.6. The van der Waals surface area contributed by atoms with Gasteiger partial charge in [-0.1, -0.05) is 5.16 Å². The van der Waals surface area contributed by atoms with E-state index < -0.39 is 11.6 Å². The number of carbonyl (C=O) groups is 1. The van der Waals surface area contributed by atoms with E-state index >= 15 is 0 Å². The van der Waals surface area contributed by atoms with Crippen molar-refractivity contribution in [3.63, 3.8) is 0 Å². The average Bonchev–Trinajstić information content (AvgIpc) is 3.65. The highest BCUT2D eigenvalue weighted by molar-refractivity contribution is 6.01. The number of fused-ring (bicyclic) bond motifs is 1. The number of nitrogens with one attached hydrogen (secondary N) is 1. The van der Waals surface area contributed by atoms with E-state index in [9.17, 15) is 13.6 Å². The van der Waals surface area contributed by atoms with Crippen molar-refractivity contribution in [1.82, 2.24) is 25.1 Å². The van der Waals surface area contributed by atoms with Gasteiger partial charge in [-0.15, -0.1) is 0 Å². The minimum absolute atomic E-state index is 0.0637. The zero-order valence-corrected chi connectivity index (χ0v) is 20.5. The van der Waals surface area contributed by atoms with Crippen molar-refractivity contribution < 1.29 is 18.1 Å². The number of nitrogens with zero attached hydrogens (tertiary/aromatic N) is 5. The van der Waals surface area contributed by atoms with Gasteiger partial charge in [0.2, 0.25) is 5.89 Å². The lowest BCUT2D eigenvalue weighted by Gasteiger charge is -2.28. The van der Waals surface area contributed by atoms with E-state index in [4.69, 9.17) is 4.52 Å². The first-order chi connectivity index (χ1) is 18.0. The van der Waals surface area contributed by atoms with Crippen LogP contribution in [0, 0.1) is 18.6 Å². The molecule has 10 heteroatoms. The van der Waals surface area contributed by atoms with Crippen molar-refractivity contribution in [2.24, 2.45) is 0 Å². The summed E-state index contributed by atoms with van der Waals surface area (Å²) >= 11 is 0. The molecule has 1 N–H and O–H groups in total. The minimum atomic E-state index is -0.449. The molecule has 2 fully saturated rings. The number of pyridine rings is 1. The number of aromatic nitrogens is 4. The van der Waals surface area contributed by atoms with E-state index in [1.54, 1.807) is 23.8 Å². The Morgan fingerprint density at radius 3 is 2.73 bits per heavy atom. The third kappa shape index (κ3) is 4.56. The molecule has 37 heavy (non-hydrogen) atoms. The Morgan fingerprint density at radius 2 is 1.95 bits per heavy atom. The Balaban J connectivity index is 1.18. The van der Waals surface area contributed by atoms with Gasteiger partial charge in [0.15, 0.2) is 5.82 Å². The van der Waals surface area contributed by atoms with E-state index in [2.05, 4.69) is 25.5 Å². The highest BCUT2D eigenvalue weighted by Gasteiger charge is 2.30. The van der Waals surface area contributed by atoms with E-state index in [-0.39, 0.29) is 23.9 Å². The monoisotopic (exact) mass is 506 g/mol. The molecule has 0 unspecified atom stereocenters. The minimum Gasteiger partial charge on any atom is -0.364 e. The fourth-order valence-corrected chi connectivity index (χ4v) is 5.73.